The van der Waals surface area contributed by atoms with Crippen LogP contribution in [0.5, 0.6) is 5.75 Å². The van der Waals surface area contributed by atoms with Crippen LogP contribution in [0.15, 0.2) is 42.5 Å². The monoisotopic (exact) mass is 288 g/mol. The summed E-state index contributed by atoms with van der Waals surface area (Å²) >= 11 is 0. The molecule has 0 radical (unpaired) electrons. The Labute approximate surface area is 122 Å². The van der Waals surface area contributed by atoms with Crippen molar-refractivity contribution >= 4 is 0 Å². The van der Waals surface area contributed by atoms with Crippen molar-refractivity contribution < 1.29 is 18.6 Å². The first kappa shape index (κ1) is 15.0. The molecule has 0 fully saturated rings. The number of ether oxygens (including phenoxy) is 1. The van der Waals surface area contributed by atoms with Crippen LogP contribution in [-0.4, -0.2) is 11.7 Å². The average Bonchev–Trinajstić information content (AvgIpc) is 2.49. The molecule has 0 heterocycles. The molecule has 2 aromatic rings. The largest absolute Gasteiger partial charge is 0.486 e. The fourth-order valence-electron chi connectivity index (χ4n) is 1.73. The molecular formula is C17H14F2O2. The topological polar surface area (TPSA) is 29.5 Å². The van der Waals surface area contributed by atoms with Crippen LogP contribution in [0, 0.1) is 23.5 Å². The third-order valence-electron chi connectivity index (χ3n) is 2.75. The lowest BCUT2D eigenvalue weighted by molar-refractivity contribution is 0.288. The summed E-state index contributed by atoms with van der Waals surface area (Å²) in [5, 5.41) is 8.72. The third kappa shape index (κ3) is 4.30. The minimum absolute atomic E-state index is 0.000169. The lowest BCUT2D eigenvalue weighted by Crippen LogP contribution is -2.00. The Morgan fingerprint density at radius 2 is 1.90 bits per heavy atom. The molecule has 2 nitrogen and oxygen atoms in total. The van der Waals surface area contributed by atoms with E-state index in [0.29, 0.717) is 6.42 Å². The molecular weight excluding hydrogens is 274 g/mol. The predicted molar refractivity (Wildman–Crippen MR) is 75.7 cm³/mol. The van der Waals surface area contributed by atoms with E-state index in [9.17, 15) is 8.78 Å². The first-order valence-corrected chi connectivity index (χ1v) is 6.46. The van der Waals surface area contributed by atoms with Crippen molar-refractivity contribution in [2.45, 2.75) is 13.0 Å². The third-order valence-corrected chi connectivity index (χ3v) is 2.75. The molecule has 21 heavy (non-hydrogen) atoms. The number of aliphatic hydroxyl groups excluding tert-OH is 1. The van der Waals surface area contributed by atoms with Crippen molar-refractivity contribution in [2.75, 3.05) is 6.61 Å². The van der Waals surface area contributed by atoms with Crippen LogP contribution >= 0.6 is 0 Å². The van der Waals surface area contributed by atoms with Crippen LogP contribution in [-0.2, 0) is 6.61 Å². The van der Waals surface area contributed by atoms with E-state index in [0.717, 1.165) is 29.3 Å². The molecule has 0 amide bonds. The SMILES string of the molecule is OCCC#Cc1ccccc1COc1cc(F)ccc1F. The Morgan fingerprint density at radius 3 is 2.71 bits per heavy atom. The fraction of sp³-hybridized carbons (Fsp3) is 0.176. The normalized spacial score (nSPS) is 9.86. The smallest absolute Gasteiger partial charge is 0.165 e. The lowest BCUT2D eigenvalue weighted by Gasteiger charge is -2.09. The highest BCUT2D eigenvalue weighted by Crippen LogP contribution is 2.20. The quantitative estimate of drug-likeness (QED) is 0.875. The number of benzene rings is 2. The minimum Gasteiger partial charge on any atom is -0.486 e. The zero-order chi connectivity index (χ0) is 15.1. The number of hydrogen-bond acceptors (Lipinski definition) is 2. The molecule has 4 heteroatoms. The zero-order valence-corrected chi connectivity index (χ0v) is 11.3. The number of hydrogen-bond donors (Lipinski definition) is 1. The van der Waals surface area contributed by atoms with Gasteiger partial charge in [-0.05, 0) is 18.2 Å². The first-order chi connectivity index (χ1) is 10.2. The van der Waals surface area contributed by atoms with Gasteiger partial charge in [-0.15, -0.1) is 0 Å². The summed E-state index contributed by atoms with van der Waals surface area (Å²) in [5.74, 6) is 4.44. The maximum atomic E-state index is 13.5. The molecule has 0 aromatic heterocycles. The van der Waals surface area contributed by atoms with E-state index < -0.39 is 11.6 Å². The average molecular weight is 288 g/mol. The van der Waals surface area contributed by atoms with Crippen LogP contribution in [0.3, 0.4) is 0 Å². The summed E-state index contributed by atoms with van der Waals surface area (Å²) in [6.07, 6.45) is 0.383. The van der Waals surface area contributed by atoms with Crippen molar-refractivity contribution in [1.29, 1.82) is 0 Å². The molecule has 0 saturated heterocycles. The predicted octanol–water partition coefficient (Wildman–Crippen LogP) is 3.28. The summed E-state index contributed by atoms with van der Waals surface area (Å²) < 4.78 is 31.9. The van der Waals surface area contributed by atoms with Gasteiger partial charge in [0.1, 0.15) is 12.4 Å². The van der Waals surface area contributed by atoms with Gasteiger partial charge in [0, 0.05) is 23.6 Å². The Morgan fingerprint density at radius 1 is 1.10 bits per heavy atom. The van der Waals surface area contributed by atoms with E-state index in [1.165, 1.54) is 0 Å². The molecule has 1 N–H and O–H groups in total. The van der Waals surface area contributed by atoms with E-state index in [2.05, 4.69) is 11.8 Å². The molecule has 2 rings (SSSR count). The van der Waals surface area contributed by atoms with Crippen LogP contribution in [0.4, 0.5) is 8.78 Å². The molecule has 0 atom stereocenters. The summed E-state index contributed by atoms with van der Waals surface area (Å²) in [7, 11) is 0. The van der Waals surface area contributed by atoms with Crippen LogP contribution < -0.4 is 4.74 Å². The second-order valence-corrected chi connectivity index (χ2v) is 4.30. The Hall–Kier alpha value is -2.38. The zero-order valence-electron chi connectivity index (χ0n) is 11.3. The van der Waals surface area contributed by atoms with E-state index in [1.54, 1.807) is 6.07 Å². The standard InChI is InChI=1S/C17H14F2O2/c18-15-8-9-16(19)17(11-15)21-12-14-7-2-1-5-13(14)6-3-4-10-20/h1-2,5,7-9,11,20H,4,10,12H2. The highest BCUT2D eigenvalue weighted by Gasteiger charge is 2.06. The maximum absolute atomic E-state index is 13.5. The highest BCUT2D eigenvalue weighted by molar-refractivity contribution is 5.41. The number of aliphatic hydroxyl groups is 1. The lowest BCUT2D eigenvalue weighted by atomic mass is 10.1. The summed E-state index contributed by atoms with van der Waals surface area (Å²) in [6, 6.07) is 10.3. The van der Waals surface area contributed by atoms with E-state index in [4.69, 9.17) is 9.84 Å². The number of rotatable bonds is 4. The maximum Gasteiger partial charge on any atom is 0.165 e. The summed E-state index contributed by atoms with van der Waals surface area (Å²) in [6.45, 7) is 0.0878. The van der Waals surface area contributed by atoms with Gasteiger partial charge in [-0.25, -0.2) is 8.78 Å². The Kier molecular flexibility index (Phi) is 5.30. The molecule has 0 aliphatic rings. The van der Waals surface area contributed by atoms with E-state index in [-0.39, 0.29) is 19.0 Å². The summed E-state index contributed by atoms with van der Waals surface area (Å²) in [5.41, 5.74) is 1.51. The summed E-state index contributed by atoms with van der Waals surface area (Å²) in [4.78, 5) is 0. The van der Waals surface area contributed by atoms with E-state index >= 15 is 0 Å². The molecule has 0 bridgehead atoms. The van der Waals surface area contributed by atoms with Crippen molar-refractivity contribution in [1.82, 2.24) is 0 Å². The second-order valence-electron chi connectivity index (χ2n) is 4.30. The molecule has 0 saturated carbocycles. The van der Waals surface area contributed by atoms with Gasteiger partial charge in [-0.2, -0.15) is 0 Å². The van der Waals surface area contributed by atoms with Gasteiger partial charge >= 0.3 is 0 Å². The molecule has 2 aromatic carbocycles. The molecule has 108 valence electrons. The van der Waals surface area contributed by atoms with Gasteiger partial charge in [-0.1, -0.05) is 30.0 Å². The highest BCUT2D eigenvalue weighted by atomic mass is 19.1. The molecule has 0 spiro atoms. The molecule has 0 aliphatic heterocycles. The van der Waals surface area contributed by atoms with Crippen molar-refractivity contribution in [2.24, 2.45) is 0 Å². The van der Waals surface area contributed by atoms with Crippen LogP contribution in [0.1, 0.15) is 17.5 Å². The second kappa shape index (κ2) is 7.41. The van der Waals surface area contributed by atoms with Gasteiger partial charge < -0.3 is 9.84 Å². The van der Waals surface area contributed by atoms with Gasteiger partial charge in [0.05, 0.1) is 6.61 Å². The van der Waals surface area contributed by atoms with Crippen molar-refractivity contribution in [3.05, 3.63) is 65.2 Å². The van der Waals surface area contributed by atoms with Gasteiger partial charge in [-0.3, -0.25) is 0 Å². The minimum atomic E-state index is -0.611. The first-order valence-electron chi connectivity index (χ1n) is 6.46. The number of halogens is 2. The van der Waals surface area contributed by atoms with Gasteiger partial charge in [0.2, 0.25) is 0 Å². The fourth-order valence-corrected chi connectivity index (χ4v) is 1.73. The van der Waals surface area contributed by atoms with E-state index in [1.807, 2.05) is 18.2 Å². The Bertz CT molecular complexity index is 672. The Balaban J connectivity index is 2.13. The molecule has 0 unspecified atom stereocenters. The van der Waals surface area contributed by atoms with Crippen LogP contribution in [0.2, 0.25) is 0 Å². The van der Waals surface area contributed by atoms with Crippen molar-refractivity contribution in [3.8, 4) is 17.6 Å². The molecule has 0 aliphatic carbocycles. The van der Waals surface area contributed by atoms with Crippen molar-refractivity contribution in [3.63, 3.8) is 0 Å². The van der Waals surface area contributed by atoms with Crippen LogP contribution in [0.25, 0.3) is 0 Å². The van der Waals surface area contributed by atoms with Gasteiger partial charge in [0.25, 0.3) is 0 Å². The van der Waals surface area contributed by atoms with Gasteiger partial charge in [0.15, 0.2) is 11.6 Å².